The maximum absolute atomic E-state index is 6.09. The van der Waals surface area contributed by atoms with Gasteiger partial charge in [-0.1, -0.05) is 50.1 Å². The molecule has 0 saturated heterocycles. The van der Waals surface area contributed by atoms with Crippen molar-refractivity contribution in [2.75, 3.05) is 5.33 Å². The van der Waals surface area contributed by atoms with Gasteiger partial charge in [0.05, 0.1) is 6.10 Å². The molecule has 15 heavy (non-hydrogen) atoms. The lowest BCUT2D eigenvalue weighted by Gasteiger charge is -2.29. The van der Waals surface area contributed by atoms with Crippen molar-refractivity contribution >= 4 is 31.9 Å². The highest BCUT2D eigenvalue weighted by atomic mass is 79.9. The average molecular weight is 334 g/mol. The Morgan fingerprint density at radius 3 is 2.60 bits per heavy atom. The zero-order chi connectivity index (χ0) is 10.9. The molecule has 1 nitrogen and oxygen atoms in total. The third-order valence-corrected chi connectivity index (χ3v) is 4.41. The molecule has 1 aromatic carbocycles. The maximum atomic E-state index is 6.09. The van der Waals surface area contributed by atoms with Gasteiger partial charge in [0.1, 0.15) is 5.60 Å². The predicted molar refractivity (Wildman–Crippen MR) is 69.4 cm³/mol. The molecule has 1 aromatic rings. The lowest BCUT2D eigenvalue weighted by molar-refractivity contribution is -0.0295. The van der Waals surface area contributed by atoms with Crippen molar-refractivity contribution in [3.63, 3.8) is 0 Å². The minimum Gasteiger partial charge on any atom is -0.366 e. The summed E-state index contributed by atoms with van der Waals surface area (Å²) in [4.78, 5) is 0. The van der Waals surface area contributed by atoms with Crippen LogP contribution in [0.2, 0.25) is 0 Å². The quantitative estimate of drug-likeness (QED) is 0.749. The first kappa shape index (κ1) is 11.6. The van der Waals surface area contributed by atoms with Crippen molar-refractivity contribution in [2.24, 2.45) is 0 Å². The van der Waals surface area contributed by atoms with Crippen LogP contribution in [-0.4, -0.2) is 11.4 Å². The van der Waals surface area contributed by atoms with Crippen LogP contribution >= 0.6 is 31.9 Å². The van der Waals surface area contributed by atoms with Gasteiger partial charge in [0.25, 0.3) is 0 Å². The Balaban J connectivity index is 2.27. The molecule has 1 atom stereocenters. The van der Waals surface area contributed by atoms with Gasteiger partial charge in [-0.25, -0.2) is 0 Å². The van der Waals surface area contributed by atoms with Crippen molar-refractivity contribution < 1.29 is 4.74 Å². The molecule has 0 aromatic heterocycles. The Morgan fingerprint density at radius 1 is 1.40 bits per heavy atom. The van der Waals surface area contributed by atoms with Gasteiger partial charge < -0.3 is 4.74 Å². The van der Waals surface area contributed by atoms with Crippen LogP contribution in [-0.2, 0) is 10.3 Å². The van der Waals surface area contributed by atoms with Crippen LogP contribution in [0.15, 0.2) is 28.7 Å². The molecular weight excluding hydrogens is 320 g/mol. The highest BCUT2D eigenvalue weighted by Gasteiger charge is 2.35. The van der Waals surface area contributed by atoms with E-state index in [1.54, 1.807) is 0 Å². The van der Waals surface area contributed by atoms with Crippen molar-refractivity contribution in [1.29, 1.82) is 0 Å². The van der Waals surface area contributed by atoms with Gasteiger partial charge in [0, 0.05) is 9.80 Å². The van der Waals surface area contributed by atoms with Crippen LogP contribution in [0.3, 0.4) is 0 Å². The SMILES string of the molecule is CC(CBr)(OC1CC1)c1ccccc1Br. The topological polar surface area (TPSA) is 9.23 Å². The molecule has 0 aliphatic heterocycles. The minimum atomic E-state index is -0.221. The zero-order valence-electron chi connectivity index (χ0n) is 8.67. The Kier molecular flexibility index (Phi) is 3.53. The molecule has 1 fully saturated rings. The summed E-state index contributed by atoms with van der Waals surface area (Å²) in [5, 5.41) is 0.819. The highest BCUT2D eigenvalue weighted by Crippen LogP contribution is 2.38. The molecule has 1 saturated carbocycles. The first-order chi connectivity index (χ1) is 7.15. The number of ether oxygens (including phenoxy) is 1. The predicted octanol–water partition coefficient (Wildman–Crippen LogP) is 4.24. The van der Waals surface area contributed by atoms with Gasteiger partial charge in [-0.05, 0) is 31.4 Å². The zero-order valence-corrected chi connectivity index (χ0v) is 11.8. The van der Waals surface area contributed by atoms with E-state index >= 15 is 0 Å². The van der Waals surface area contributed by atoms with E-state index < -0.39 is 0 Å². The molecular formula is C12H14Br2O. The Morgan fingerprint density at radius 2 is 2.07 bits per heavy atom. The lowest BCUT2D eigenvalue weighted by atomic mass is 9.98. The minimum absolute atomic E-state index is 0.221. The van der Waals surface area contributed by atoms with Crippen molar-refractivity contribution in [2.45, 2.75) is 31.5 Å². The fourth-order valence-corrected chi connectivity index (χ4v) is 2.75. The summed E-state index contributed by atoms with van der Waals surface area (Å²) in [6.45, 7) is 2.14. The van der Waals surface area contributed by atoms with Gasteiger partial charge in [-0.3, -0.25) is 0 Å². The average Bonchev–Trinajstić information content (AvgIpc) is 3.02. The molecule has 0 spiro atoms. The summed E-state index contributed by atoms with van der Waals surface area (Å²) in [6, 6.07) is 8.26. The molecule has 0 N–H and O–H groups in total. The van der Waals surface area contributed by atoms with Gasteiger partial charge in [0.2, 0.25) is 0 Å². The second kappa shape index (κ2) is 4.56. The second-order valence-corrected chi connectivity index (χ2v) is 5.58. The number of hydrogen-bond donors (Lipinski definition) is 0. The van der Waals surface area contributed by atoms with Gasteiger partial charge in [-0.2, -0.15) is 0 Å². The fourth-order valence-electron chi connectivity index (χ4n) is 1.61. The van der Waals surface area contributed by atoms with Crippen molar-refractivity contribution in [3.05, 3.63) is 34.3 Å². The van der Waals surface area contributed by atoms with E-state index in [1.807, 2.05) is 6.07 Å². The van der Waals surface area contributed by atoms with Crippen molar-refractivity contribution in [1.82, 2.24) is 0 Å². The second-order valence-electron chi connectivity index (χ2n) is 4.16. The number of halogens is 2. The molecule has 0 bridgehead atoms. The van der Waals surface area contributed by atoms with Crippen LogP contribution in [0.1, 0.15) is 25.3 Å². The van der Waals surface area contributed by atoms with Crippen molar-refractivity contribution in [3.8, 4) is 0 Å². The summed E-state index contributed by atoms with van der Waals surface area (Å²) in [6.07, 6.45) is 2.86. The number of hydrogen-bond acceptors (Lipinski definition) is 1. The highest BCUT2D eigenvalue weighted by molar-refractivity contribution is 9.10. The molecule has 1 unspecified atom stereocenters. The summed E-state index contributed by atoms with van der Waals surface area (Å²) < 4.78 is 7.21. The van der Waals surface area contributed by atoms with Gasteiger partial charge in [-0.15, -0.1) is 0 Å². The number of rotatable bonds is 4. The third-order valence-electron chi connectivity index (χ3n) is 2.65. The van der Waals surface area contributed by atoms with E-state index in [2.05, 4.69) is 57.0 Å². The van der Waals surface area contributed by atoms with Gasteiger partial charge in [0.15, 0.2) is 0 Å². The molecule has 0 amide bonds. The van der Waals surface area contributed by atoms with Crippen LogP contribution in [0.4, 0.5) is 0 Å². The largest absolute Gasteiger partial charge is 0.366 e. The van der Waals surface area contributed by atoms with Crippen LogP contribution < -0.4 is 0 Å². The molecule has 0 radical (unpaired) electrons. The van der Waals surface area contributed by atoms with E-state index in [4.69, 9.17) is 4.74 Å². The fraction of sp³-hybridized carbons (Fsp3) is 0.500. The van der Waals surface area contributed by atoms with E-state index in [0.717, 1.165) is 9.80 Å². The molecule has 82 valence electrons. The van der Waals surface area contributed by atoms with E-state index in [-0.39, 0.29) is 5.60 Å². The number of alkyl halides is 1. The maximum Gasteiger partial charge on any atom is 0.101 e. The Labute approximate surface area is 107 Å². The smallest absolute Gasteiger partial charge is 0.101 e. The Hall–Kier alpha value is 0.140. The van der Waals surface area contributed by atoms with Gasteiger partial charge >= 0.3 is 0 Å². The van der Waals surface area contributed by atoms with E-state index in [9.17, 15) is 0 Å². The Bertz CT molecular complexity index is 349. The number of benzene rings is 1. The van der Waals surface area contributed by atoms with Crippen LogP contribution in [0.5, 0.6) is 0 Å². The third kappa shape index (κ3) is 2.63. The van der Waals surface area contributed by atoms with E-state index in [0.29, 0.717) is 6.10 Å². The van der Waals surface area contributed by atoms with E-state index in [1.165, 1.54) is 18.4 Å². The molecule has 1 aliphatic rings. The molecule has 1 aliphatic carbocycles. The first-order valence-electron chi connectivity index (χ1n) is 5.14. The molecule has 0 heterocycles. The standard InChI is InChI=1S/C12H14Br2O/c1-12(8-13,15-9-6-7-9)10-4-2-3-5-11(10)14/h2-5,9H,6-8H2,1H3. The summed E-state index contributed by atoms with van der Waals surface area (Å²) >= 11 is 7.14. The first-order valence-corrected chi connectivity index (χ1v) is 7.06. The summed E-state index contributed by atoms with van der Waals surface area (Å²) in [5.41, 5.74) is 0.995. The summed E-state index contributed by atoms with van der Waals surface area (Å²) in [7, 11) is 0. The monoisotopic (exact) mass is 332 g/mol. The summed E-state index contributed by atoms with van der Waals surface area (Å²) in [5.74, 6) is 0. The molecule has 3 heteroatoms. The molecule has 2 rings (SSSR count). The van der Waals surface area contributed by atoms with Crippen LogP contribution in [0.25, 0.3) is 0 Å². The normalized spacial score (nSPS) is 19.9. The lowest BCUT2D eigenvalue weighted by Crippen LogP contribution is -2.29. The van der Waals surface area contributed by atoms with Crippen LogP contribution in [0, 0.1) is 0 Å².